The minimum absolute atomic E-state index is 0.0503. The summed E-state index contributed by atoms with van der Waals surface area (Å²) in [4.78, 5) is 39.8. The van der Waals surface area contributed by atoms with E-state index in [1.54, 1.807) is 24.3 Å². The van der Waals surface area contributed by atoms with Crippen LogP contribution in [0.15, 0.2) is 24.3 Å². The molecule has 0 spiro atoms. The fourth-order valence-corrected chi connectivity index (χ4v) is 3.77. The third-order valence-corrected chi connectivity index (χ3v) is 5.25. The number of nitrogens with one attached hydrogen (secondary N) is 1. The van der Waals surface area contributed by atoms with Crippen LogP contribution >= 0.6 is 11.5 Å². The van der Waals surface area contributed by atoms with E-state index in [0.29, 0.717) is 24.3 Å². The molecule has 0 aliphatic carbocycles. The SMILES string of the molecule is CCC[C@@H](C(=O)NC(C)(C)C)N(C(=O)c1snc(C(N)=O)c1N)c1ccc(OC)cc1. The Labute approximate surface area is 185 Å². The number of anilines is 2. The standard InChI is InChI=1S/C21H29N5O4S/c1-6-7-14(19(28)24-21(2,3)4)26(12-8-10-13(30-5)11-9-12)20(29)17-15(22)16(18(23)27)25-31-17/h8-11,14H,6-7,22H2,1-5H3,(H2,23,27)(H,24,28)/t14-/m0/s1. The van der Waals surface area contributed by atoms with Crippen LogP contribution in [0.25, 0.3) is 0 Å². The largest absolute Gasteiger partial charge is 0.497 e. The number of rotatable bonds is 8. The Hall–Kier alpha value is -3.14. The van der Waals surface area contributed by atoms with Gasteiger partial charge in [-0.05, 0) is 63.0 Å². The zero-order valence-electron chi connectivity index (χ0n) is 18.4. The second-order valence-electron chi connectivity index (χ2n) is 8.06. The highest BCUT2D eigenvalue weighted by Gasteiger charge is 2.35. The van der Waals surface area contributed by atoms with Crippen molar-refractivity contribution < 1.29 is 19.1 Å². The summed E-state index contributed by atoms with van der Waals surface area (Å²) in [6.45, 7) is 7.54. The van der Waals surface area contributed by atoms with Gasteiger partial charge in [0.1, 0.15) is 16.7 Å². The maximum Gasteiger partial charge on any atom is 0.272 e. The van der Waals surface area contributed by atoms with Crippen molar-refractivity contribution in [3.05, 3.63) is 34.8 Å². The molecular weight excluding hydrogens is 418 g/mol. The third-order valence-electron chi connectivity index (χ3n) is 4.40. The Kier molecular flexibility index (Phi) is 7.61. The lowest BCUT2D eigenvalue weighted by Crippen LogP contribution is -2.54. The first-order valence-electron chi connectivity index (χ1n) is 9.84. The molecule has 168 valence electrons. The lowest BCUT2D eigenvalue weighted by atomic mass is 10.0. The number of benzene rings is 1. The van der Waals surface area contributed by atoms with E-state index in [-0.39, 0.29) is 22.2 Å². The molecule has 2 aromatic rings. The first-order valence-corrected chi connectivity index (χ1v) is 10.6. The van der Waals surface area contributed by atoms with Gasteiger partial charge in [-0.2, -0.15) is 4.37 Å². The smallest absolute Gasteiger partial charge is 0.272 e. The van der Waals surface area contributed by atoms with Gasteiger partial charge >= 0.3 is 0 Å². The summed E-state index contributed by atoms with van der Waals surface area (Å²) in [5.41, 5.74) is 11.0. The van der Waals surface area contributed by atoms with Crippen molar-refractivity contribution in [1.29, 1.82) is 0 Å². The van der Waals surface area contributed by atoms with E-state index in [4.69, 9.17) is 16.2 Å². The lowest BCUT2D eigenvalue weighted by Gasteiger charge is -2.33. The van der Waals surface area contributed by atoms with Crippen LogP contribution in [0.3, 0.4) is 0 Å². The van der Waals surface area contributed by atoms with E-state index in [2.05, 4.69) is 9.69 Å². The van der Waals surface area contributed by atoms with Crippen molar-refractivity contribution in [3.8, 4) is 5.75 Å². The second-order valence-corrected chi connectivity index (χ2v) is 8.83. The van der Waals surface area contributed by atoms with Crippen LogP contribution in [0, 0.1) is 0 Å². The zero-order valence-corrected chi connectivity index (χ0v) is 19.2. The molecule has 5 N–H and O–H groups in total. The Morgan fingerprint density at radius 3 is 2.29 bits per heavy atom. The molecule has 1 aromatic carbocycles. The van der Waals surface area contributed by atoms with E-state index in [0.717, 1.165) is 11.5 Å². The monoisotopic (exact) mass is 447 g/mol. The minimum Gasteiger partial charge on any atom is -0.497 e. The van der Waals surface area contributed by atoms with Gasteiger partial charge in [-0.15, -0.1) is 0 Å². The maximum absolute atomic E-state index is 13.6. The summed E-state index contributed by atoms with van der Waals surface area (Å²) in [5, 5.41) is 2.95. The number of aromatic nitrogens is 1. The summed E-state index contributed by atoms with van der Waals surface area (Å²) >= 11 is 0.780. The number of ether oxygens (including phenoxy) is 1. The van der Waals surface area contributed by atoms with Crippen LogP contribution < -0.4 is 26.4 Å². The molecule has 0 aliphatic heterocycles. The second kappa shape index (κ2) is 9.78. The fraction of sp³-hybridized carbons (Fsp3) is 0.429. The molecule has 0 saturated carbocycles. The highest BCUT2D eigenvalue weighted by molar-refractivity contribution is 7.09. The first kappa shape index (κ1) is 24.1. The van der Waals surface area contributed by atoms with Crippen molar-refractivity contribution in [2.45, 2.75) is 52.1 Å². The Balaban J connectivity index is 2.59. The number of nitrogen functional groups attached to an aromatic ring is 1. The van der Waals surface area contributed by atoms with Gasteiger partial charge < -0.3 is 21.5 Å². The Bertz CT molecular complexity index is 950. The van der Waals surface area contributed by atoms with Gasteiger partial charge in [0.15, 0.2) is 5.69 Å². The summed E-state index contributed by atoms with van der Waals surface area (Å²) in [6.07, 6.45) is 1.08. The number of methoxy groups -OCH3 is 1. The normalized spacial score (nSPS) is 12.2. The molecule has 1 aromatic heterocycles. The van der Waals surface area contributed by atoms with Crippen LogP contribution in [0.4, 0.5) is 11.4 Å². The maximum atomic E-state index is 13.6. The van der Waals surface area contributed by atoms with Crippen molar-refractivity contribution in [2.24, 2.45) is 5.73 Å². The molecule has 2 rings (SSSR count). The van der Waals surface area contributed by atoms with Crippen LogP contribution in [-0.4, -0.2) is 40.8 Å². The number of carbonyl (C=O) groups excluding carboxylic acids is 3. The molecule has 10 heteroatoms. The number of hydrogen-bond acceptors (Lipinski definition) is 7. The summed E-state index contributed by atoms with van der Waals surface area (Å²) in [7, 11) is 1.54. The fourth-order valence-electron chi connectivity index (χ4n) is 3.02. The molecule has 0 saturated heterocycles. The number of primary amides is 1. The van der Waals surface area contributed by atoms with Gasteiger partial charge in [-0.25, -0.2) is 0 Å². The number of carbonyl (C=O) groups is 3. The van der Waals surface area contributed by atoms with Crippen LogP contribution in [-0.2, 0) is 4.79 Å². The minimum atomic E-state index is -0.820. The van der Waals surface area contributed by atoms with Gasteiger partial charge in [0, 0.05) is 11.2 Å². The lowest BCUT2D eigenvalue weighted by molar-refractivity contribution is -0.123. The molecule has 0 aliphatic rings. The van der Waals surface area contributed by atoms with E-state index >= 15 is 0 Å². The molecule has 9 nitrogen and oxygen atoms in total. The topological polar surface area (TPSA) is 141 Å². The predicted octanol–water partition coefficient (Wildman–Crippen LogP) is 2.56. The molecule has 0 unspecified atom stereocenters. The van der Waals surface area contributed by atoms with Crippen LogP contribution in [0.5, 0.6) is 5.75 Å². The average Bonchev–Trinajstić information content (AvgIpc) is 3.08. The molecule has 3 amide bonds. The van der Waals surface area contributed by atoms with Gasteiger partial charge in [0.25, 0.3) is 11.8 Å². The van der Waals surface area contributed by atoms with Crippen molar-refractivity contribution in [3.63, 3.8) is 0 Å². The molecule has 0 fully saturated rings. The number of amides is 3. The third kappa shape index (κ3) is 5.72. The van der Waals surface area contributed by atoms with Gasteiger partial charge in [0.2, 0.25) is 5.91 Å². The summed E-state index contributed by atoms with van der Waals surface area (Å²) < 4.78 is 9.13. The van der Waals surface area contributed by atoms with Crippen molar-refractivity contribution in [1.82, 2.24) is 9.69 Å². The Morgan fingerprint density at radius 1 is 1.23 bits per heavy atom. The van der Waals surface area contributed by atoms with E-state index in [1.165, 1.54) is 12.0 Å². The molecule has 1 heterocycles. The van der Waals surface area contributed by atoms with E-state index in [9.17, 15) is 14.4 Å². The van der Waals surface area contributed by atoms with Gasteiger partial charge in [-0.1, -0.05) is 13.3 Å². The van der Waals surface area contributed by atoms with Crippen molar-refractivity contribution >= 4 is 40.6 Å². The van der Waals surface area contributed by atoms with Crippen molar-refractivity contribution in [2.75, 3.05) is 17.7 Å². The zero-order chi connectivity index (χ0) is 23.3. The summed E-state index contributed by atoms with van der Waals surface area (Å²) in [5.74, 6) is -1.04. The number of hydrogen-bond donors (Lipinski definition) is 3. The highest BCUT2D eigenvalue weighted by atomic mass is 32.1. The molecular formula is C21H29N5O4S. The van der Waals surface area contributed by atoms with Gasteiger partial charge in [-0.3, -0.25) is 19.3 Å². The molecule has 1 atom stereocenters. The summed E-state index contributed by atoms with van der Waals surface area (Å²) in [6, 6.07) is 5.98. The molecule has 31 heavy (non-hydrogen) atoms. The number of nitrogens with zero attached hydrogens (tertiary/aromatic N) is 2. The van der Waals surface area contributed by atoms with Crippen LogP contribution in [0.1, 0.15) is 60.7 Å². The number of nitrogens with two attached hydrogens (primary N) is 2. The molecule has 0 radical (unpaired) electrons. The predicted molar refractivity (Wildman–Crippen MR) is 121 cm³/mol. The van der Waals surface area contributed by atoms with E-state index < -0.39 is 23.4 Å². The molecule has 0 bridgehead atoms. The Morgan fingerprint density at radius 2 is 1.84 bits per heavy atom. The quantitative estimate of drug-likeness (QED) is 0.568. The van der Waals surface area contributed by atoms with E-state index in [1.807, 2.05) is 27.7 Å². The van der Waals surface area contributed by atoms with Gasteiger partial charge in [0.05, 0.1) is 12.8 Å². The first-order chi connectivity index (χ1) is 14.5. The highest BCUT2D eigenvalue weighted by Crippen LogP contribution is 2.30. The van der Waals surface area contributed by atoms with Crippen LogP contribution in [0.2, 0.25) is 0 Å². The average molecular weight is 448 g/mol.